The number of hydrogen-bond donors (Lipinski definition) is 3. The lowest BCUT2D eigenvalue weighted by Gasteiger charge is -2.11. The zero-order valence-corrected chi connectivity index (χ0v) is 43.3. The van der Waals surface area contributed by atoms with Gasteiger partial charge in [0.05, 0.1) is 58.8 Å². The van der Waals surface area contributed by atoms with Gasteiger partial charge in [0, 0.05) is 94.2 Å². The minimum Gasteiger partial charge on any atom is -0.392 e. The van der Waals surface area contributed by atoms with Gasteiger partial charge in [0.2, 0.25) is 0 Å². The van der Waals surface area contributed by atoms with E-state index in [0.29, 0.717) is 5.56 Å². The summed E-state index contributed by atoms with van der Waals surface area (Å²) in [6.45, 7) is 2.45. The molecule has 0 aliphatic carbocycles. The van der Waals surface area contributed by atoms with E-state index in [1.165, 1.54) is 22.3 Å². The summed E-state index contributed by atoms with van der Waals surface area (Å²) in [4.78, 5) is 37.4. The monoisotopic (exact) mass is 1100 g/mol. The second kappa shape index (κ2) is 25.5. The fourth-order valence-corrected chi connectivity index (χ4v) is 9.80. The van der Waals surface area contributed by atoms with E-state index in [1.54, 1.807) is 58.8 Å². The predicted octanol–water partition coefficient (Wildman–Crippen LogP) is 13.4. The minimum atomic E-state index is -0.00353. The SMILES string of the molecule is Brc1ccc(CCNCc2cc3ccncc3nc2-c2ccsc2)cc1.NCCc1ccc(Br)cc1.O=Cc1cc2ccncc2nc1-c1ccsc1.OCc1cc2ccncc2nc1-c1ccsc1. The molecule has 0 amide bonds. The molecule has 350 valence electrons. The van der Waals surface area contributed by atoms with Crippen LogP contribution in [0.25, 0.3) is 66.5 Å². The molecule has 0 unspecified atom stereocenters. The summed E-state index contributed by atoms with van der Waals surface area (Å²) in [5.41, 5.74) is 19.1. The van der Waals surface area contributed by atoms with Crippen molar-refractivity contribution in [3.05, 3.63) is 209 Å². The van der Waals surface area contributed by atoms with Gasteiger partial charge in [0.1, 0.15) is 0 Å². The number of nitrogens with two attached hydrogens (primary N) is 1. The Morgan fingerprint density at radius 3 is 1.46 bits per heavy atom. The van der Waals surface area contributed by atoms with Crippen LogP contribution in [0.15, 0.2) is 182 Å². The van der Waals surface area contributed by atoms with E-state index in [1.807, 2.05) is 88.5 Å². The quantitative estimate of drug-likeness (QED) is 0.0796. The molecule has 9 aromatic heterocycles. The highest BCUT2D eigenvalue weighted by Gasteiger charge is 2.12. The molecular formula is C55H46Br2N8O2S3. The number of carbonyl (C=O) groups excluding carboxylic acids is 1. The smallest absolute Gasteiger partial charge is 0.152 e. The molecule has 10 nitrogen and oxygen atoms in total. The van der Waals surface area contributed by atoms with Crippen LogP contribution in [0.1, 0.15) is 32.6 Å². The first-order valence-electron chi connectivity index (χ1n) is 22.1. The number of aldehydes is 1. The number of hydrogen-bond acceptors (Lipinski definition) is 13. The topological polar surface area (TPSA) is 153 Å². The first-order valence-corrected chi connectivity index (χ1v) is 26.6. The summed E-state index contributed by atoms with van der Waals surface area (Å²) >= 11 is 11.7. The van der Waals surface area contributed by atoms with E-state index < -0.39 is 0 Å². The Morgan fingerprint density at radius 2 is 1.00 bits per heavy atom. The molecule has 11 aromatic rings. The number of rotatable bonds is 12. The molecule has 11 rings (SSSR count). The van der Waals surface area contributed by atoms with Gasteiger partial charge in [0.25, 0.3) is 0 Å². The summed E-state index contributed by atoms with van der Waals surface area (Å²) in [5.74, 6) is 0. The van der Waals surface area contributed by atoms with Crippen LogP contribution in [-0.4, -0.2) is 54.4 Å². The Morgan fingerprint density at radius 1 is 0.557 bits per heavy atom. The van der Waals surface area contributed by atoms with E-state index in [2.05, 4.69) is 121 Å². The lowest BCUT2D eigenvalue weighted by atomic mass is 10.1. The van der Waals surface area contributed by atoms with Crippen molar-refractivity contribution in [2.24, 2.45) is 5.73 Å². The Hall–Kier alpha value is -6.27. The van der Waals surface area contributed by atoms with Gasteiger partial charge in [-0.2, -0.15) is 34.0 Å². The van der Waals surface area contributed by atoms with Crippen LogP contribution < -0.4 is 11.1 Å². The average molecular weight is 1110 g/mol. The third kappa shape index (κ3) is 13.5. The van der Waals surface area contributed by atoms with Crippen molar-refractivity contribution in [3.63, 3.8) is 0 Å². The van der Waals surface area contributed by atoms with Crippen molar-refractivity contribution in [1.29, 1.82) is 0 Å². The van der Waals surface area contributed by atoms with Crippen LogP contribution in [0.2, 0.25) is 0 Å². The average Bonchev–Trinajstić information content (AvgIpc) is 4.25. The van der Waals surface area contributed by atoms with Crippen molar-refractivity contribution in [3.8, 4) is 33.8 Å². The number of carbonyl (C=O) groups is 1. The largest absolute Gasteiger partial charge is 0.392 e. The first kappa shape index (κ1) is 50.1. The maximum absolute atomic E-state index is 11.1. The van der Waals surface area contributed by atoms with Crippen LogP contribution in [0.4, 0.5) is 0 Å². The number of benzene rings is 2. The maximum Gasteiger partial charge on any atom is 0.152 e. The second-order valence-electron chi connectivity index (χ2n) is 15.7. The Kier molecular flexibility index (Phi) is 18.3. The summed E-state index contributed by atoms with van der Waals surface area (Å²) < 4.78 is 2.24. The molecule has 2 aromatic carbocycles. The van der Waals surface area contributed by atoms with Crippen molar-refractivity contribution < 1.29 is 9.90 Å². The zero-order valence-electron chi connectivity index (χ0n) is 37.7. The number of aliphatic hydroxyl groups excluding tert-OH is 1. The first-order chi connectivity index (χ1) is 34.4. The Bertz CT molecular complexity index is 3380. The van der Waals surface area contributed by atoms with Crippen molar-refractivity contribution in [2.45, 2.75) is 26.0 Å². The highest BCUT2D eigenvalue weighted by atomic mass is 79.9. The number of pyridine rings is 6. The molecule has 4 N–H and O–H groups in total. The number of thiophene rings is 3. The third-order valence-electron chi connectivity index (χ3n) is 10.9. The number of aliphatic hydroxyl groups is 1. The molecule has 0 saturated carbocycles. The number of aromatic nitrogens is 6. The second-order valence-corrected chi connectivity index (χ2v) is 19.8. The number of nitrogens with one attached hydrogen (secondary N) is 1. The molecule has 0 bridgehead atoms. The highest BCUT2D eigenvalue weighted by Crippen LogP contribution is 2.29. The molecule has 0 aliphatic heterocycles. The number of fused-ring (bicyclic) bond motifs is 3. The molecule has 70 heavy (non-hydrogen) atoms. The van der Waals surface area contributed by atoms with Crippen LogP contribution >= 0.6 is 65.9 Å². The van der Waals surface area contributed by atoms with Gasteiger partial charge < -0.3 is 16.2 Å². The zero-order chi connectivity index (χ0) is 48.5. The molecule has 0 aliphatic rings. The summed E-state index contributed by atoms with van der Waals surface area (Å²) in [7, 11) is 0. The lowest BCUT2D eigenvalue weighted by Crippen LogP contribution is -2.17. The van der Waals surface area contributed by atoms with Crippen molar-refractivity contribution >= 4 is 105 Å². The van der Waals surface area contributed by atoms with Crippen molar-refractivity contribution in [1.82, 2.24) is 35.2 Å². The van der Waals surface area contributed by atoms with Gasteiger partial charge in [-0.15, -0.1) is 0 Å². The number of halogens is 2. The van der Waals surface area contributed by atoms with Gasteiger partial charge in [-0.05, 0) is 138 Å². The highest BCUT2D eigenvalue weighted by molar-refractivity contribution is 9.10. The Labute approximate surface area is 434 Å². The van der Waals surface area contributed by atoms with Crippen LogP contribution in [0.3, 0.4) is 0 Å². The van der Waals surface area contributed by atoms with E-state index in [-0.39, 0.29) is 6.61 Å². The van der Waals surface area contributed by atoms with E-state index in [9.17, 15) is 9.90 Å². The van der Waals surface area contributed by atoms with E-state index in [0.717, 1.165) is 114 Å². The van der Waals surface area contributed by atoms with Crippen molar-refractivity contribution in [2.75, 3.05) is 13.1 Å². The van der Waals surface area contributed by atoms with Gasteiger partial charge in [-0.3, -0.25) is 19.7 Å². The van der Waals surface area contributed by atoms with Gasteiger partial charge in [-0.1, -0.05) is 56.1 Å². The molecule has 0 saturated heterocycles. The van der Waals surface area contributed by atoms with E-state index >= 15 is 0 Å². The molecule has 0 atom stereocenters. The molecule has 9 heterocycles. The van der Waals surface area contributed by atoms with Gasteiger partial charge in [0.15, 0.2) is 6.29 Å². The fraction of sp³-hybridized carbons (Fsp3) is 0.109. The molecular weight excluding hydrogens is 1060 g/mol. The molecule has 0 fully saturated rings. The predicted molar refractivity (Wildman–Crippen MR) is 296 cm³/mol. The maximum atomic E-state index is 11.1. The third-order valence-corrected chi connectivity index (χ3v) is 14.0. The number of nitrogens with zero attached hydrogens (tertiary/aromatic N) is 6. The summed E-state index contributed by atoms with van der Waals surface area (Å²) in [6, 6.07) is 34.6. The van der Waals surface area contributed by atoms with E-state index in [4.69, 9.17) is 10.7 Å². The molecule has 15 heteroatoms. The lowest BCUT2D eigenvalue weighted by molar-refractivity contribution is 0.112. The summed E-state index contributed by atoms with van der Waals surface area (Å²) in [6.07, 6.45) is 13.3. The molecule has 0 spiro atoms. The van der Waals surface area contributed by atoms with Gasteiger partial charge in [-0.25, -0.2) is 15.0 Å². The normalized spacial score (nSPS) is 10.7. The summed E-state index contributed by atoms with van der Waals surface area (Å²) in [5, 5.41) is 28.3. The fourth-order valence-electron chi connectivity index (χ4n) is 7.35. The standard InChI is InChI=1S/C21H18BrN3S.C13H10N2OS.C13H8N2OS.C8H10BrN/c22-19-3-1-15(2-4-19)5-8-23-12-18-11-16-6-9-24-13-20(16)25-21(18)17-7-10-26-14-17;2*16-7-11-5-9-1-3-14-6-12(9)15-13(11)10-2-4-17-8-10;9-8-3-1-7(2-4-8)5-6-10/h1-4,6-7,9-11,13-14,23H,5,8,12H2;1-6,8,16H,7H2;1-8H;1-4H,5-6,10H2. The van der Waals surface area contributed by atoms with Crippen LogP contribution in [-0.2, 0) is 26.0 Å². The van der Waals surface area contributed by atoms with Crippen LogP contribution in [0.5, 0.6) is 0 Å². The van der Waals surface area contributed by atoms with Gasteiger partial charge >= 0.3 is 0 Å². The Balaban J connectivity index is 0.000000132. The molecule has 0 radical (unpaired) electrons. The van der Waals surface area contributed by atoms with Crippen LogP contribution in [0, 0.1) is 0 Å². The minimum absolute atomic E-state index is 0.00353.